The van der Waals surface area contributed by atoms with Crippen molar-refractivity contribution in [1.82, 2.24) is 9.80 Å². The second-order valence-electron chi connectivity index (χ2n) is 7.00. The zero-order chi connectivity index (χ0) is 19.1. The van der Waals surface area contributed by atoms with Gasteiger partial charge in [0.2, 0.25) is 0 Å². The fourth-order valence-electron chi connectivity index (χ4n) is 3.55. The molecular weight excluding hydrogens is 360 g/mol. The molecule has 1 atom stereocenters. The molecular formula is C22H27ClN2O2. The summed E-state index contributed by atoms with van der Waals surface area (Å²) in [5.74, 6) is 0.0773. The van der Waals surface area contributed by atoms with Crippen LogP contribution in [0.4, 0.5) is 0 Å². The van der Waals surface area contributed by atoms with Crippen LogP contribution in [0.5, 0.6) is 0 Å². The van der Waals surface area contributed by atoms with E-state index in [1.807, 2.05) is 12.1 Å². The van der Waals surface area contributed by atoms with Crippen molar-refractivity contribution >= 4 is 17.4 Å². The molecule has 3 rings (SSSR count). The molecule has 0 aliphatic carbocycles. The third-order valence-electron chi connectivity index (χ3n) is 4.93. The molecule has 144 valence electrons. The molecule has 2 aromatic rings. The molecule has 5 heteroatoms. The first kappa shape index (κ1) is 20.0. The number of carbonyl (C=O) groups is 1. The zero-order valence-electron chi connectivity index (χ0n) is 15.8. The second-order valence-corrected chi connectivity index (χ2v) is 7.43. The van der Waals surface area contributed by atoms with Crippen LogP contribution in [0.15, 0.2) is 54.6 Å². The van der Waals surface area contributed by atoms with E-state index in [2.05, 4.69) is 52.3 Å². The topological polar surface area (TPSA) is 32.8 Å². The number of ketones is 1. The van der Waals surface area contributed by atoms with Crippen LogP contribution in [0, 0.1) is 0 Å². The molecule has 1 unspecified atom stereocenters. The van der Waals surface area contributed by atoms with E-state index in [0.29, 0.717) is 6.61 Å². The number of halogens is 1. The SMILES string of the molecule is CC(=O)COCCN1CCN(C(c2ccccc2)c2ccc(Cl)cc2)CC1. The lowest BCUT2D eigenvalue weighted by atomic mass is 9.96. The molecule has 0 amide bonds. The number of piperazine rings is 1. The van der Waals surface area contributed by atoms with Crippen LogP contribution in [0.25, 0.3) is 0 Å². The van der Waals surface area contributed by atoms with Gasteiger partial charge in [-0.3, -0.25) is 14.6 Å². The zero-order valence-corrected chi connectivity index (χ0v) is 16.6. The highest BCUT2D eigenvalue weighted by Gasteiger charge is 2.26. The Kier molecular flexibility index (Phi) is 7.41. The molecule has 1 aliphatic heterocycles. The number of carbonyl (C=O) groups excluding carboxylic acids is 1. The fourth-order valence-corrected chi connectivity index (χ4v) is 3.68. The van der Waals surface area contributed by atoms with Crippen molar-refractivity contribution in [1.29, 1.82) is 0 Å². The maximum atomic E-state index is 10.9. The Morgan fingerprint density at radius 3 is 2.26 bits per heavy atom. The van der Waals surface area contributed by atoms with Crippen LogP contribution in [-0.4, -0.2) is 61.5 Å². The maximum Gasteiger partial charge on any atom is 0.155 e. The number of rotatable bonds is 8. The number of nitrogens with zero attached hydrogens (tertiary/aromatic N) is 2. The Morgan fingerprint density at radius 2 is 1.63 bits per heavy atom. The average Bonchev–Trinajstić information content (AvgIpc) is 2.69. The standard InChI is InChI=1S/C22H27ClN2O2/c1-18(26)17-27-16-15-24-11-13-25(14-12-24)22(19-5-3-2-4-6-19)20-7-9-21(23)10-8-20/h2-10,22H,11-17H2,1H3. The Hall–Kier alpha value is -1.72. The Bertz CT molecular complexity index is 713. The molecule has 0 N–H and O–H groups in total. The van der Waals surface area contributed by atoms with Crippen LogP contribution in [-0.2, 0) is 9.53 Å². The third kappa shape index (κ3) is 5.88. The monoisotopic (exact) mass is 386 g/mol. The van der Waals surface area contributed by atoms with Gasteiger partial charge < -0.3 is 4.74 Å². The Labute approximate surface area is 166 Å². The normalized spacial score (nSPS) is 17.0. The predicted octanol–water partition coefficient (Wildman–Crippen LogP) is 3.65. The quantitative estimate of drug-likeness (QED) is 0.648. The number of Topliss-reactive ketones (excluding diaryl/α,β-unsaturated/α-hetero) is 1. The molecule has 1 saturated heterocycles. The van der Waals surface area contributed by atoms with Gasteiger partial charge in [0.25, 0.3) is 0 Å². The van der Waals surface area contributed by atoms with E-state index in [1.165, 1.54) is 11.1 Å². The third-order valence-corrected chi connectivity index (χ3v) is 5.18. The van der Waals surface area contributed by atoms with Gasteiger partial charge in [0, 0.05) is 37.7 Å². The van der Waals surface area contributed by atoms with Gasteiger partial charge in [-0.25, -0.2) is 0 Å². The van der Waals surface area contributed by atoms with Gasteiger partial charge in [-0.05, 0) is 30.2 Å². The molecule has 0 radical (unpaired) electrons. The van der Waals surface area contributed by atoms with E-state index >= 15 is 0 Å². The van der Waals surface area contributed by atoms with E-state index in [-0.39, 0.29) is 18.4 Å². The number of hydrogen-bond acceptors (Lipinski definition) is 4. The molecule has 0 aromatic heterocycles. The van der Waals surface area contributed by atoms with E-state index in [0.717, 1.165) is 37.7 Å². The van der Waals surface area contributed by atoms with Crippen molar-refractivity contribution < 1.29 is 9.53 Å². The first-order chi connectivity index (χ1) is 13.1. The smallest absolute Gasteiger partial charge is 0.155 e. The molecule has 0 spiro atoms. The van der Waals surface area contributed by atoms with E-state index in [1.54, 1.807) is 6.92 Å². The average molecular weight is 387 g/mol. The van der Waals surface area contributed by atoms with Crippen molar-refractivity contribution in [3.8, 4) is 0 Å². The molecule has 0 bridgehead atoms. The number of hydrogen-bond donors (Lipinski definition) is 0. The highest BCUT2D eigenvalue weighted by molar-refractivity contribution is 6.30. The summed E-state index contributed by atoms with van der Waals surface area (Å²) >= 11 is 6.09. The van der Waals surface area contributed by atoms with Crippen molar-refractivity contribution in [2.45, 2.75) is 13.0 Å². The van der Waals surface area contributed by atoms with Crippen LogP contribution in [0.2, 0.25) is 5.02 Å². The van der Waals surface area contributed by atoms with Gasteiger partial charge in [0.05, 0.1) is 12.6 Å². The lowest BCUT2D eigenvalue weighted by Crippen LogP contribution is -2.48. The Morgan fingerprint density at radius 1 is 1.00 bits per heavy atom. The van der Waals surface area contributed by atoms with Gasteiger partial charge in [-0.2, -0.15) is 0 Å². The lowest BCUT2D eigenvalue weighted by molar-refractivity contribution is -0.121. The number of ether oxygens (including phenoxy) is 1. The van der Waals surface area contributed by atoms with Gasteiger partial charge >= 0.3 is 0 Å². The molecule has 27 heavy (non-hydrogen) atoms. The van der Waals surface area contributed by atoms with E-state index < -0.39 is 0 Å². The lowest BCUT2D eigenvalue weighted by Gasteiger charge is -2.39. The highest BCUT2D eigenvalue weighted by atomic mass is 35.5. The van der Waals surface area contributed by atoms with Gasteiger partial charge in [0.15, 0.2) is 5.78 Å². The van der Waals surface area contributed by atoms with Crippen LogP contribution < -0.4 is 0 Å². The summed E-state index contributed by atoms with van der Waals surface area (Å²) in [6, 6.07) is 19.1. The van der Waals surface area contributed by atoms with Crippen molar-refractivity contribution in [3.05, 3.63) is 70.7 Å². The van der Waals surface area contributed by atoms with E-state index in [4.69, 9.17) is 16.3 Å². The van der Waals surface area contributed by atoms with Crippen molar-refractivity contribution in [2.75, 3.05) is 45.9 Å². The summed E-state index contributed by atoms with van der Waals surface area (Å²) in [6.45, 7) is 7.24. The fraction of sp³-hybridized carbons (Fsp3) is 0.409. The molecule has 2 aromatic carbocycles. The summed E-state index contributed by atoms with van der Waals surface area (Å²) < 4.78 is 5.40. The molecule has 0 saturated carbocycles. The first-order valence-electron chi connectivity index (χ1n) is 9.47. The minimum absolute atomic E-state index is 0.0773. The van der Waals surface area contributed by atoms with Crippen LogP contribution in [0.3, 0.4) is 0 Å². The van der Waals surface area contributed by atoms with Gasteiger partial charge in [-0.15, -0.1) is 0 Å². The molecule has 1 heterocycles. The van der Waals surface area contributed by atoms with Gasteiger partial charge in [0.1, 0.15) is 6.61 Å². The summed E-state index contributed by atoms with van der Waals surface area (Å²) in [7, 11) is 0. The summed E-state index contributed by atoms with van der Waals surface area (Å²) in [5.41, 5.74) is 2.57. The number of benzene rings is 2. The van der Waals surface area contributed by atoms with Crippen molar-refractivity contribution in [2.24, 2.45) is 0 Å². The summed E-state index contributed by atoms with van der Waals surface area (Å²) in [6.07, 6.45) is 0. The minimum atomic E-state index is 0.0773. The van der Waals surface area contributed by atoms with Gasteiger partial charge in [-0.1, -0.05) is 54.1 Å². The van der Waals surface area contributed by atoms with E-state index in [9.17, 15) is 4.79 Å². The minimum Gasteiger partial charge on any atom is -0.372 e. The maximum absolute atomic E-state index is 10.9. The second kappa shape index (κ2) is 10.00. The summed E-state index contributed by atoms with van der Waals surface area (Å²) in [5, 5.41) is 0.765. The highest BCUT2D eigenvalue weighted by Crippen LogP contribution is 2.30. The van der Waals surface area contributed by atoms with Crippen LogP contribution >= 0.6 is 11.6 Å². The predicted molar refractivity (Wildman–Crippen MR) is 109 cm³/mol. The van der Waals surface area contributed by atoms with Crippen molar-refractivity contribution in [3.63, 3.8) is 0 Å². The molecule has 4 nitrogen and oxygen atoms in total. The largest absolute Gasteiger partial charge is 0.372 e. The first-order valence-corrected chi connectivity index (χ1v) is 9.85. The Balaban J connectivity index is 1.63. The summed E-state index contributed by atoms with van der Waals surface area (Å²) in [4.78, 5) is 15.9. The molecule has 1 fully saturated rings. The molecule has 1 aliphatic rings. The van der Waals surface area contributed by atoms with Crippen LogP contribution in [0.1, 0.15) is 24.1 Å².